The van der Waals surface area contributed by atoms with Crippen molar-refractivity contribution in [1.29, 1.82) is 0 Å². The number of nitrogens with zero attached hydrogens (tertiary/aromatic N) is 3. The molecule has 2 aromatic carbocycles. The first-order valence-electron chi connectivity index (χ1n) is 16.8. The van der Waals surface area contributed by atoms with Gasteiger partial charge in [-0.05, 0) is 54.5 Å². The molecular weight excluding hydrogens is 630 g/mol. The third-order valence-corrected chi connectivity index (χ3v) is 9.25. The lowest BCUT2D eigenvalue weighted by Gasteiger charge is -2.36. The molecule has 4 N–H and O–H groups in total. The summed E-state index contributed by atoms with van der Waals surface area (Å²) in [6, 6.07) is 18.0. The summed E-state index contributed by atoms with van der Waals surface area (Å²) in [4.78, 5) is 54.7. The summed E-state index contributed by atoms with van der Waals surface area (Å²) in [6.07, 6.45) is 7.94. The largest absolute Gasteiger partial charge is 0.344 e. The van der Waals surface area contributed by atoms with Gasteiger partial charge in [0.15, 0.2) is 0 Å². The van der Waals surface area contributed by atoms with Crippen LogP contribution in [0.1, 0.15) is 67.1 Å². The first kappa shape index (κ1) is 36.6. The van der Waals surface area contributed by atoms with Crippen LogP contribution in [0.3, 0.4) is 0 Å². The quantitative estimate of drug-likeness (QED) is 0.231. The van der Waals surface area contributed by atoms with Gasteiger partial charge in [-0.2, -0.15) is 5.10 Å². The summed E-state index contributed by atoms with van der Waals surface area (Å²) < 4.78 is 1.50. The second-order valence-corrected chi connectivity index (χ2v) is 12.7. The molecule has 3 atom stereocenters. The summed E-state index contributed by atoms with van der Waals surface area (Å²) in [7, 11) is 1.70. The topological polar surface area (TPSA) is 137 Å². The average molecular weight is 678 g/mol. The number of rotatable bonds is 12. The van der Waals surface area contributed by atoms with E-state index in [2.05, 4.69) is 38.5 Å². The van der Waals surface area contributed by atoms with Crippen LogP contribution >= 0.6 is 12.4 Å². The van der Waals surface area contributed by atoms with E-state index in [9.17, 15) is 19.2 Å². The van der Waals surface area contributed by atoms with E-state index in [0.29, 0.717) is 37.4 Å². The number of hydrogen-bond acceptors (Lipinski definition) is 6. The maximum atomic E-state index is 13.8. The van der Waals surface area contributed by atoms with Crippen molar-refractivity contribution in [2.75, 3.05) is 25.0 Å². The molecule has 258 valence electrons. The number of benzene rings is 2. The lowest BCUT2D eigenvalue weighted by atomic mass is 9.83. The van der Waals surface area contributed by atoms with Gasteiger partial charge in [0, 0.05) is 57.4 Å². The monoisotopic (exact) mass is 677 g/mol. The number of halogens is 1. The Kier molecular flexibility index (Phi) is 13.6. The number of hydrogen-bond donors (Lipinski definition) is 4. The van der Waals surface area contributed by atoms with E-state index >= 15 is 0 Å². The minimum atomic E-state index is -0.698. The molecule has 48 heavy (non-hydrogen) atoms. The molecule has 0 radical (unpaired) electrons. The van der Waals surface area contributed by atoms with Gasteiger partial charge in [0.25, 0.3) is 5.91 Å². The Morgan fingerprint density at radius 3 is 2.33 bits per heavy atom. The van der Waals surface area contributed by atoms with Crippen LogP contribution in [0.15, 0.2) is 66.9 Å². The van der Waals surface area contributed by atoms with Crippen LogP contribution in [-0.4, -0.2) is 76.1 Å². The van der Waals surface area contributed by atoms with Gasteiger partial charge in [-0.15, -0.1) is 12.4 Å². The molecule has 1 saturated heterocycles. The molecule has 2 fully saturated rings. The van der Waals surface area contributed by atoms with Crippen molar-refractivity contribution in [3.63, 3.8) is 0 Å². The Bertz CT molecular complexity index is 1510. The summed E-state index contributed by atoms with van der Waals surface area (Å²) in [5.41, 5.74) is 3.07. The van der Waals surface area contributed by atoms with Gasteiger partial charge < -0.3 is 26.2 Å². The van der Waals surface area contributed by atoms with E-state index in [0.717, 1.165) is 44.1 Å². The van der Waals surface area contributed by atoms with Gasteiger partial charge in [0.2, 0.25) is 17.7 Å². The van der Waals surface area contributed by atoms with E-state index in [1.54, 1.807) is 38.4 Å². The average Bonchev–Trinajstić information content (AvgIpc) is 3.54. The van der Waals surface area contributed by atoms with Crippen LogP contribution in [0.5, 0.6) is 0 Å². The number of anilines is 1. The van der Waals surface area contributed by atoms with Crippen LogP contribution in [0, 0.1) is 5.92 Å². The van der Waals surface area contributed by atoms with Crippen LogP contribution in [-0.2, 0) is 34.3 Å². The molecule has 2 aliphatic rings. The van der Waals surface area contributed by atoms with Crippen molar-refractivity contribution in [3.05, 3.63) is 83.7 Å². The molecule has 2 heterocycles. The minimum Gasteiger partial charge on any atom is -0.344 e. The number of aromatic nitrogens is 2. The SMILES string of the molecule is CCC(=O)N[C@H](Cc1ccc(NC(=O)[C@@H](NC(=O)c2ccnn2C)C2CCCCC2)cc1)C(=O)N1CCN[C@@H](Cc2ccccc2)C1.Cl. The molecule has 0 spiro atoms. The number of carbonyl (C=O) groups excluding carboxylic acids is 4. The van der Waals surface area contributed by atoms with E-state index in [1.807, 2.05) is 35.2 Å². The molecule has 1 aliphatic heterocycles. The van der Waals surface area contributed by atoms with E-state index in [-0.39, 0.29) is 54.4 Å². The van der Waals surface area contributed by atoms with E-state index < -0.39 is 12.1 Å². The Balaban J connectivity index is 0.00000520. The molecular formula is C36H48ClN7O4. The third-order valence-electron chi connectivity index (χ3n) is 9.25. The molecule has 4 amide bonds. The van der Waals surface area contributed by atoms with Crippen LogP contribution in [0.4, 0.5) is 5.69 Å². The molecule has 11 nitrogen and oxygen atoms in total. The highest BCUT2D eigenvalue weighted by molar-refractivity contribution is 6.00. The zero-order valence-electron chi connectivity index (χ0n) is 27.8. The standard InChI is InChI=1S/C36H47N7O4.ClH/c1-3-32(44)40-30(36(47)43-21-20-37-29(24-43)22-25-10-6-4-7-11-25)23-26-14-16-28(17-15-26)39-35(46)33(27-12-8-5-9-13-27)41-34(45)31-18-19-38-42(31)2;/h4,6-7,10-11,14-19,27,29-30,33,37H,3,5,8-9,12-13,20-24H2,1-2H3,(H,39,46)(H,40,44)(H,41,45);1H/t29-,30+,33-;/m0./s1. The molecule has 1 aliphatic carbocycles. The van der Waals surface area contributed by atoms with Crippen molar-refractivity contribution in [1.82, 2.24) is 30.6 Å². The first-order chi connectivity index (χ1) is 22.8. The van der Waals surface area contributed by atoms with E-state index in [4.69, 9.17) is 0 Å². The van der Waals surface area contributed by atoms with Crippen molar-refractivity contribution in [2.45, 2.75) is 76.4 Å². The van der Waals surface area contributed by atoms with Crippen LogP contribution < -0.4 is 21.3 Å². The predicted octanol–water partition coefficient (Wildman–Crippen LogP) is 3.64. The highest BCUT2D eigenvalue weighted by atomic mass is 35.5. The predicted molar refractivity (Wildman–Crippen MR) is 188 cm³/mol. The van der Waals surface area contributed by atoms with Crippen molar-refractivity contribution >= 4 is 41.7 Å². The smallest absolute Gasteiger partial charge is 0.270 e. The van der Waals surface area contributed by atoms with Crippen molar-refractivity contribution in [2.24, 2.45) is 13.0 Å². The van der Waals surface area contributed by atoms with Crippen LogP contribution in [0.2, 0.25) is 0 Å². The fourth-order valence-corrected chi connectivity index (χ4v) is 6.63. The lowest BCUT2D eigenvalue weighted by Crippen LogP contribution is -2.58. The van der Waals surface area contributed by atoms with Gasteiger partial charge in [0.05, 0.1) is 0 Å². The Hall–Kier alpha value is -4.22. The first-order valence-corrected chi connectivity index (χ1v) is 16.8. The second-order valence-electron chi connectivity index (χ2n) is 12.7. The maximum Gasteiger partial charge on any atom is 0.270 e. The van der Waals surface area contributed by atoms with Gasteiger partial charge >= 0.3 is 0 Å². The number of piperazine rings is 1. The molecule has 0 bridgehead atoms. The molecule has 12 heteroatoms. The maximum absolute atomic E-state index is 13.8. The minimum absolute atomic E-state index is 0. The fraction of sp³-hybridized carbons (Fsp3) is 0.472. The number of amides is 4. The zero-order chi connectivity index (χ0) is 33.2. The van der Waals surface area contributed by atoms with Gasteiger partial charge in [-0.3, -0.25) is 23.9 Å². The molecule has 5 rings (SSSR count). The summed E-state index contributed by atoms with van der Waals surface area (Å²) in [5.74, 6) is -0.807. The number of nitrogens with one attached hydrogen (secondary N) is 4. The number of aryl methyl sites for hydroxylation is 1. The molecule has 1 saturated carbocycles. The highest BCUT2D eigenvalue weighted by Gasteiger charge is 2.33. The van der Waals surface area contributed by atoms with E-state index in [1.165, 1.54) is 10.2 Å². The summed E-state index contributed by atoms with van der Waals surface area (Å²) in [5, 5.41) is 16.5. The Labute approximate surface area is 289 Å². The Morgan fingerprint density at radius 2 is 1.67 bits per heavy atom. The zero-order valence-corrected chi connectivity index (χ0v) is 28.6. The second kappa shape index (κ2) is 17.8. The van der Waals surface area contributed by atoms with Gasteiger partial charge in [-0.1, -0.05) is 68.7 Å². The normalized spacial score (nSPS) is 17.8. The fourth-order valence-electron chi connectivity index (χ4n) is 6.63. The summed E-state index contributed by atoms with van der Waals surface area (Å²) >= 11 is 0. The molecule has 3 aromatic rings. The van der Waals surface area contributed by atoms with Gasteiger partial charge in [-0.25, -0.2) is 0 Å². The van der Waals surface area contributed by atoms with Crippen LogP contribution in [0.25, 0.3) is 0 Å². The highest BCUT2D eigenvalue weighted by Crippen LogP contribution is 2.27. The summed E-state index contributed by atoms with van der Waals surface area (Å²) in [6.45, 7) is 3.61. The lowest BCUT2D eigenvalue weighted by molar-refractivity contribution is -0.137. The molecule has 1 aromatic heterocycles. The molecule has 0 unspecified atom stereocenters. The van der Waals surface area contributed by atoms with Crippen molar-refractivity contribution < 1.29 is 19.2 Å². The third kappa shape index (κ3) is 9.90. The van der Waals surface area contributed by atoms with Gasteiger partial charge in [0.1, 0.15) is 17.8 Å². The Morgan fingerprint density at radius 1 is 0.938 bits per heavy atom. The number of carbonyl (C=O) groups is 4. The van der Waals surface area contributed by atoms with Crippen molar-refractivity contribution in [3.8, 4) is 0 Å².